The number of hydrogen-bond acceptors (Lipinski definition) is 2. The van der Waals surface area contributed by atoms with E-state index in [0.29, 0.717) is 5.92 Å². The van der Waals surface area contributed by atoms with Crippen LogP contribution < -0.4 is 26.2 Å². The minimum atomic E-state index is 0.194. The normalized spacial score (nSPS) is 15.9. The zero-order valence-electron chi connectivity index (χ0n) is 23.1. The van der Waals surface area contributed by atoms with Gasteiger partial charge >= 0.3 is 0 Å². The van der Waals surface area contributed by atoms with Gasteiger partial charge < -0.3 is 9.80 Å². The van der Waals surface area contributed by atoms with Crippen molar-refractivity contribution in [3.8, 4) is 0 Å². The maximum Gasteiger partial charge on any atom is 0.252 e. The molecule has 0 unspecified atom stereocenters. The summed E-state index contributed by atoms with van der Waals surface area (Å²) in [5, 5.41) is 0. The smallest absolute Gasteiger partial charge is 0.252 e. The lowest BCUT2D eigenvalue weighted by atomic mass is 9.33. The third kappa shape index (κ3) is 3.64. The van der Waals surface area contributed by atoms with Crippen LogP contribution >= 0.6 is 0 Å². The molecule has 1 saturated carbocycles. The second kappa shape index (κ2) is 9.45. The van der Waals surface area contributed by atoms with Crippen molar-refractivity contribution in [3.05, 3.63) is 126 Å². The van der Waals surface area contributed by atoms with Gasteiger partial charge in [0.15, 0.2) is 0 Å². The summed E-state index contributed by atoms with van der Waals surface area (Å²) in [6.07, 6.45) is 6.59. The van der Waals surface area contributed by atoms with Crippen LogP contribution in [0.15, 0.2) is 115 Å². The fraction of sp³-hybridized carbons (Fsp3) is 0.189. The van der Waals surface area contributed by atoms with Crippen LogP contribution in [0.1, 0.15) is 49.1 Å². The average molecular weight is 516 g/mol. The number of fused-ring (bicyclic) bond motifs is 4. The lowest BCUT2D eigenvalue weighted by Crippen LogP contribution is -2.61. The van der Waals surface area contributed by atoms with E-state index in [4.69, 9.17) is 0 Å². The molecule has 3 aliphatic rings. The van der Waals surface area contributed by atoms with Gasteiger partial charge in [0.05, 0.1) is 0 Å². The quantitative estimate of drug-likeness (QED) is 0.219. The fourth-order valence-electron chi connectivity index (χ4n) is 7.42. The summed E-state index contributed by atoms with van der Waals surface area (Å²) in [4.78, 5) is 5.06. The maximum absolute atomic E-state index is 2.55. The number of aryl methyl sites for hydroxylation is 1. The molecule has 5 aromatic rings. The van der Waals surface area contributed by atoms with E-state index in [-0.39, 0.29) is 6.71 Å². The third-order valence-electron chi connectivity index (χ3n) is 9.29. The minimum absolute atomic E-state index is 0.194. The number of rotatable bonds is 3. The summed E-state index contributed by atoms with van der Waals surface area (Å²) in [6, 6.07) is 43.2. The van der Waals surface area contributed by atoms with E-state index in [2.05, 4.69) is 132 Å². The van der Waals surface area contributed by atoms with E-state index in [0.717, 1.165) is 0 Å². The van der Waals surface area contributed by atoms with Gasteiger partial charge in [0, 0.05) is 34.1 Å². The van der Waals surface area contributed by atoms with Crippen molar-refractivity contribution in [3.63, 3.8) is 0 Å². The first-order chi connectivity index (χ1) is 19.8. The van der Waals surface area contributed by atoms with Gasteiger partial charge in [0.2, 0.25) is 0 Å². The van der Waals surface area contributed by atoms with Crippen molar-refractivity contribution in [1.82, 2.24) is 0 Å². The number of para-hydroxylation sites is 3. The Hall–Kier alpha value is -4.24. The van der Waals surface area contributed by atoms with E-state index >= 15 is 0 Å². The molecule has 0 bridgehead atoms. The molecule has 3 heteroatoms. The molecule has 194 valence electrons. The van der Waals surface area contributed by atoms with Gasteiger partial charge in [-0.25, -0.2) is 0 Å². The lowest BCUT2D eigenvalue weighted by molar-refractivity contribution is 0.444. The number of anilines is 6. The summed E-state index contributed by atoms with van der Waals surface area (Å²) in [6.45, 7) is 2.36. The van der Waals surface area contributed by atoms with Crippen LogP contribution in [0.2, 0.25) is 0 Å². The molecule has 1 aliphatic carbocycles. The molecule has 1 fully saturated rings. The van der Waals surface area contributed by atoms with Crippen LogP contribution in [0.4, 0.5) is 34.1 Å². The Morgan fingerprint density at radius 2 is 1.07 bits per heavy atom. The molecule has 2 heterocycles. The van der Waals surface area contributed by atoms with E-state index in [1.165, 1.54) is 93.7 Å². The van der Waals surface area contributed by atoms with Gasteiger partial charge in [-0.1, -0.05) is 91.6 Å². The van der Waals surface area contributed by atoms with E-state index in [1.54, 1.807) is 0 Å². The minimum Gasteiger partial charge on any atom is -0.311 e. The lowest BCUT2D eigenvalue weighted by Gasteiger charge is -2.44. The molecule has 0 aromatic heterocycles. The highest BCUT2D eigenvalue weighted by Gasteiger charge is 2.43. The molecule has 0 atom stereocenters. The molecule has 0 N–H and O–H groups in total. The standard InChI is InChI=1S/C37H33BN2/c1-26-20-22-30(23-21-26)40-34-19-11-9-17-32(34)38-31-16-8-10-18-33(31)39(29-14-6-3-7-15-29)35-24-28(25-36(40)37(35)38)27-12-4-2-5-13-27/h3,6-11,14-25,27H,2,4-5,12-13H2,1H3. The number of hydrogen-bond donors (Lipinski definition) is 0. The maximum atomic E-state index is 2.55. The fourth-order valence-corrected chi connectivity index (χ4v) is 7.42. The first-order valence-electron chi connectivity index (χ1n) is 14.9. The van der Waals surface area contributed by atoms with E-state index in [9.17, 15) is 0 Å². The van der Waals surface area contributed by atoms with Crippen molar-refractivity contribution in [2.24, 2.45) is 0 Å². The van der Waals surface area contributed by atoms with Crippen LogP contribution in [-0.2, 0) is 0 Å². The van der Waals surface area contributed by atoms with Gasteiger partial charge in [-0.3, -0.25) is 0 Å². The van der Waals surface area contributed by atoms with Gasteiger partial charge in [-0.2, -0.15) is 0 Å². The summed E-state index contributed by atoms with van der Waals surface area (Å²) < 4.78 is 0. The summed E-state index contributed by atoms with van der Waals surface area (Å²) in [7, 11) is 0. The van der Waals surface area contributed by atoms with Gasteiger partial charge in [0.25, 0.3) is 6.71 Å². The van der Waals surface area contributed by atoms with Gasteiger partial charge in [-0.15, -0.1) is 0 Å². The molecule has 8 rings (SSSR count). The summed E-state index contributed by atoms with van der Waals surface area (Å²) in [5.41, 5.74) is 14.6. The van der Waals surface area contributed by atoms with Crippen molar-refractivity contribution >= 4 is 57.2 Å². The van der Waals surface area contributed by atoms with Crippen LogP contribution in [0, 0.1) is 6.92 Å². The van der Waals surface area contributed by atoms with Gasteiger partial charge in [-0.05, 0) is 96.2 Å². The van der Waals surface area contributed by atoms with Crippen molar-refractivity contribution in [1.29, 1.82) is 0 Å². The highest BCUT2D eigenvalue weighted by molar-refractivity contribution is 7.00. The topological polar surface area (TPSA) is 6.48 Å². The molecule has 0 radical (unpaired) electrons. The largest absolute Gasteiger partial charge is 0.311 e. The van der Waals surface area contributed by atoms with Crippen LogP contribution in [0.25, 0.3) is 0 Å². The second-order valence-electron chi connectivity index (χ2n) is 11.7. The molecule has 0 spiro atoms. The third-order valence-corrected chi connectivity index (χ3v) is 9.29. The molecule has 0 saturated heterocycles. The number of benzene rings is 5. The predicted octanol–water partition coefficient (Wildman–Crippen LogP) is 8.13. The van der Waals surface area contributed by atoms with E-state index in [1.807, 2.05) is 0 Å². The van der Waals surface area contributed by atoms with Crippen molar-refractivity contribution < 1.29 is 0 Å². The average Bonchev–Trinajstić information content (AvgIpc) is 3.02. The van der Waals surface area contributed by atoms with Gasteiger partial charge in [0.1, 0.15) is 0 Å². The summed E-state index contributed by atoms with van der Waals surface area (Å²) >= 11 is 0. The second-order valence-corrected chi connectivity index (χ2v) is 11.7. The molecule has 40 heavy (non-hydrogen) atoms. The highest BCUT2D eigenvalue weighted by Crippen LogP contribution is 2.46. The predicted molar refractivity (Wildman–Crippen MR) is 171 cm³/mol. The Kier molecular flexibility index (Phi) is 5.58. The Bertz CT molecular complexity index is 1700. The molecule has 0 amide bonds. The molecular formula is C37H33BN2. The van der Waals surface area contributed by atoms with E-state index < -0.39 is 0 Å². The molecule has 2 nitrogen and oxygen atoms in total. The Morgan fingerprint density at radius 1 is 0.550 bits per heavy atom. The van der Waals surface area contributed by atoms with Crippen molar-refractivity contribution in [2.45, 2.75) is 44.9 Å². The van der Waals surface area contributed by atoms with Crippen LogP contribution in [-0.4, -0.2) is 6.71 Å². The SMILES string of the molecule is Cc1ccc(N2c3ccccc3B3c4ccccc4N(c4ccccc4)c4cc(C5CCCCC5)cc2c43)cc1. The first kappa shape index (κ1) is 23.6. The number of nitrogens with zero attached hydrogens (tertiary/aromatic N) is 2. The first-order valence-corrected chi connectivity index (χ1v) is 14.9. The molecular weight excluding hydrogens is 483 g/mol. The van der Waals surface area contributed by atoms with Crippen LogP contribution in [0.3, 0.4) is 0 Å². The molecule has 5 aromatic carbocycles. The highest BCUT2D eigenvalue weighted by atomic mass is 15.2. The monoisotopic (exact) mass is 516 g/mol. The zero-order valence-corrected chi connectivity index (χ0v) is 23.1. The Morgan fingerprint density at radius 3 is 1.68 bits per heavy atom. The summed E-state index contributed by atoms with van der Waals surface area (Å²) in [5.74, 6) is 0.612. The zero-order chi connectivity index (χ0) is 26.6. The van der Waals surface area contributed by atoms with Crippen molar-refractivity contribution in [2.75, 3.05) is 9.80 Å². The Balaban J connectivity index is 1.47. The van der Waals surface area contributed by atoms with Crippen LogP contribution in [0.5, 0.6) is 0 Å². The Labute approximate surface area is 238 Å². The molecule has 2 aliphatic heterocycles.